The van der Waals surface area contributed by atoms with Crippen LogP contribution < -0.4 is 15.4 Å². The van der Waals surface area contributed by atoms with Crippen LogP contribution in [0.2, 0.25) is 10.0 Å². The first-order valence-electron chi connectivity index (χ1n) is 7.76. The quantitative estimate of drug-likeness (QED) is 0.527. The van der Waals surface area contributed by atoms with Gasteiger partial charge in [0.15, 0.2) is 5.11 Å². The van der Waals surface area contributed by atoms with Crippen LogP contribution in [0.25, 0.3) is 0 Å². The van der Waals surface area contributed by atoms with Crippen molar-refractivity contribution >= 4 is 68.1 Å². The van der Waals surface area contributed by atoms with E-state index < -0.39 is 0 Å². The predicted molar refractivity (Wildman–Crippen MR) is 115 cm³/mol. The van der Waals surface area contributed by atoms with Gasteiger partial charge < -0.3 is 10.1 Å². The molecule has 1 amide bonds. The highest BCUT2D eigenvalue weighted by atomic mass is 79.9. The molecule has 2 aromatic rings. The average Bonchev–Trinajstić information content (AvgIpc) is 2.56. The molecule has 2 rings (SSSR count). The number of thiocarbonyl (C=S) groups is 1. The smallest absolute Gasteiger partial charge is 0.261 e. The highest BCUT2D eigenvalue weighted by Crippen LogP contribution is 2.26. The third kappa shape index (κ3) is 6.13. The third-order valence-corrected chi connectivity index (χ3v) is 4.60. The van der Waals surface area contributed by atoms with E-state index in [4.69, 9.17) is 40.2 Å². The van der Waals surface area contributed by atoms with Crippen LogP contribution in [0.1, 0.15) is 24.2 Å². The molecular formula is C18H17BrCl2N2O2S. The van der Waals surface area contributed by atoms with Crippen molar-refractivity contribution in [2.24, 2.45) is 5.92 Å². The monoisotopic (exact) mass is 474 g/mol. The number of anilines is 1. The Kier molecular flexibility index (Phi) is 7.70. The number of halogens is 3. The molecule has 2 aromatic carbocycles. The first kappa shape index (κ1) is 21.0. The Bertz CT molecular complexity index is 831. The minimum Gasteiger partial charge on any atom is -0.492 e. The molecule has 26 heavy (non-hydrogen) atoms. The second kappa shape index (κ2) is 9.55. The summed E-state index contributed by atoms with van der Waals surface area (Å²) in [4.78, 5) is 12.6. The molecule has 0 aliphatic carbocycles. The van der Waals surface area contributed by atoms with Gasteiger partial charge in [-0.3, -0.25) is 10.1 Å². The summed E-state index contributed by atoms with van der Waals surface area (Å²) in [6.07, 6.45) is 0. The lowest BCUT2D eigenvalue weighted by molar-refractivity contribution is 0.0973. The molecular weight excluding hydrogens is 459 g/mol. The maximum atomic E-state index is 12.6. The number of hydrogen-bond acceptors (Lipinski definition) is 3. The fourth-order valence-corrected chi connectivity index (χ4v) is 2.84. The van der Waals surface area contributed by atoms with Gasteiger partial charge in [0, 0.05) is 10.2 Å². The second-order valence-corrected chi connectivity index (χ2v) is 8.02. The Balaban J connectivity index is 2.09. The van der Waals surface area contributed by atoms with Crippen molar-refractivity contribution in [3.05, 3.63) is 56.5 Å². The van der Waals surface area contributed by atoms with E-state index in [2.05, 4.69) is 26.6 Å². The topological polar surface area (TPSA) is 50.4 Å². The Morgan fingerprint density at radius 1 is 1.19 bits per heavy atom. The zero-order valence-corrected chi connectivity index (χ0v) is 18.0. The zero-order valence-electron chi connectivity index (χ0n) is 14.1. The molecule has 0 bridgehead atoms. The van der Waals surface area contributed by atoms with Crippen LogP contribution in [0.5, 0.6) is 5.75 Å². The maximum Gasteiger partial charge on any atom is 0.261 e. The molecule has 0 saturated carbocycles. The number of carbonyl (C=O) groups excluding carboxylic acids is 1. The summed E-state index contributed by atoms with van der Waals surface area (Å²) in [7, 11) is 0. The summed E-state index contributed by atoms with van der Waals surface area (Å²) < 4.78 is 6.49. The lowest BCUT2D eigenvalue weighted by atomic mass is 10.2. The summed E-state index contributed by atoms with van der Waals surface area (Å²) in [5.74, 6) is 0.464. The molecule has 0 spiro atoms. The average molecular weight is 476 g/mol. The van der Waals surface area contributed by atoms with Gasteiger partial charge >= 0.3 is 0 Å². The van der Waals surface area contributed by atoms with E-state index in [1.54, 1.807) is 30.3 Å². The number of benzene rings is 2. The first-order valence-corrected chi connectivity index (χ1v) is 9.71. The Morgan fingerprint density at radius 2 is 1.92 bits per heavy atom. The fourth-order valence-electron chi connectivity index (χ4n) is 1.97. The molecule has 0 unspecified atom stereocenters. The van der Waals surface area contributed by atoms with Crippen LogP contribution in [0.3, 0.4) is 0 Å². The molecule has 0 aliphatic heterocycles. The molecule has 2 N–H and O–H groups in total. The lowest BCUT2D eigenvalue weighted by Gasteiger charge is -2.14. The molecule has 0 radical (unpaired) electrons. The summed E-state index contributed by atoms with van der Waals surface area (Å²) in [6.45, 7) is 4.58. The van der Waals surface area contributed by atoms with E-state index in [-0.39, 0.29) is 11.0 Å². The van der Waals surface area contributed by atoms with Crippen LogP contribution in [0.4, 0.5) is 5.69 Å². The van der Waals surface area contributed by atoms with Crippen LogP contribution in [0.15, 0.2) is 40.9 Å². The molecule has 8 heteroatoms. The molecule has 4 nitrogen and oxygen atoms in total. The van der Waals surface area contributed by atoms with Gasteiger partial charge in [-0.15, -0.1) is 0 Å². The summed E-state index contributed by atoms with van der Waals surface area (Å²) in [5.41, 5.74) is 1.01. The van der Waals surface area contributed by atoms with Gasteiger partial charge in [0.2, 0.25) is 0 Å². The molecule has 0 atom stereocenters. The van der Waals surface area contributed by atoms with E-state index in [9.17, 15) is 4.79 Å². The Labute approximate surface area is 176 Å². The lowest BCUT2D eigenvalue weighted by Crippen LogP contribution is -2.34. The Morgan fingerprint density at radius 3 is 2.58 bits per heavy atom. The molecule has 0 aliphatic rings. The fraction of sp³-hybridized carbons (Fsp3) is 0.222. The van der Waals surface area contributed by atoms with Crippen LogP contribution in [-0.2, 0) is 0 Å². The summed E-state index contributed by atoms with van der Waals surface area (Å²) >= 11 is 20.4. The largest absolute Gasteiger partial charge is 0.492 e. The number of rotatable bonds is 5. The standard InChI is InChI=1S/C18H17BrCl2N2O2S/c1-10(2)9-25-16-6-3-11(19)7-13(16)17(24)23-18(26)22-12-4-5-14(20)15(21)8-12/h3-8,10H,9H2,1-2H3,(H2,22,23,24,26). The van der Waals surface area contributed by atoms with E-state index in [1.165, 1.54) is 0 Å². The van der Waals surface area contributed by atoms with Gasteiger partial charge in [-0.05, 0) is 54.5 Å². The minimum absolute atomic E-state index is 0.142. The molecule has 0 heterocycles. The van der Waals surface area contributed by atoms with Crippen LogP contribution in [0, 0.1) is 5.92 Å². The van der Waals surface area contributed by atoms with E-state index in [1.807, 2.05) is 19.9 Å². The van der Waals surface area contributed by atoms with Gasteiger partial charge in [-0.25, -0.2) is 0 Å². The molecule has 0 aromatic heterocycles. The number of ether oxygens (including phenoxy) is 1. The van der Waals surface area contributed by atoms with Crippen LogP contribution in [-0.4, -0.2) is 17.6 Å². The van der Waals surface area contributed by atoms with Gasteiger partial charge in [-0.1, -0.05) is 53.0 Å². The predicted octanol–water partition coefficient (Wildman–Crippen LogP) is 5.92. The maximum absolute atomic E-state index is 12.6. The molecule has 0 fully saturated rings. The SMILES string of the molecule is CC(C)COc1ccc(Br)cc1C(=O)NC(=S)Nc1ccc(Cl)c(Cl)c1. The number of amides is 1. The van der Waals surface area contributed by atoms with Crippen molar-refractivity contribution in [2.75, 3.05) is 11.9 Å². The Hall–Kier alpha value is -1.34. The molecule has 138 valence electrons. The number of nitrogens with one attached hydrogen (secondary N) is 2. The van der Waals surface area contributed by atoms with Crippen molar-refractivity contribution < 1.29 is 9.53 Å². The van der Waals surface area contributed by atoms with E-state index in [0.717, 1.165) is 4.47 Å². The van der Waals surface area contributed by atoms with Gasteiger partial charge in [0.05, 0.1) is 22.2 Å². The highest BCUT2D eigenvalue weighted by molar-refractivity contribution is 9.10. The van der Waals surface area contributed by atoms with Gasteiger partial charge in [0.1, 0.15) is 5.75 Å². The number of carbonyl (C=O) groups is 1. The normalized spacial score (nSPS) is 10.5. The third-order valence-electron chi connectivity index (χ3n) is 3.16. The van der Waals surface area contributed by atoms with Crippen molar-refractivity contribution in [3.8, 4) is 5.75 Å². The van der Waals surface area contributed by atoms with Crippen molar-refractivity contribution in [1.29, 1.82) is 0 Å². The van der Waals surface area contributed by atoms with Crippen molar-refractivity contribution in [2.45, 2.75) is 13.8 Å². The summed E-state index contributed by atoms with van der Waals surface area (Å²) in [6, 6.07) is 10.2. The number of hydrogen-bond donors (Lipinski definition) is 2. The van der Waals surface area contributed by atoms with Crippen molar-refractivity contribution in [3.63, 3.8) is 0 Å². The minimum atomic E-state index is -0.373. The zero-order chi connectivity index (χ0) is 19.3. The van der Waals surface area contributed by atoms with Gasteiger partial charge in [0.25, 0.3) is 5.91 Å². The van der Waals surface area contributed by atoms with E-state index in [0.29, 0.717) is 39.6 Å². The van der Waals surface area contributed by atoms with E-state index >= 15 is 0 Å². The van der Waals surface area contributed by atoms with Crippen molar-refractivity contribution in [1.82, 2.24) is 5.32 Å². The second-order valence-electron chi connectivity index (χ2n) is 5.88. The van der Waals surface area contributed by atoms with Crippen LogP contribution >= 0.6 is 51.3 Å². The van der Waals surface area contributed by atoms with Gasteiger partial charge in [-0.2, -0.15) is 0 Å². The first-order chi connectivity index (χ1) is 12.3. The summed E-state index contributed by atoms with van der Waals surface area (Å²) in [5, 5.41) is 6.51. The highest BCUT2D eigenvalue weighted by Gasteiger charge is 2.15. The molecule has 0 saturated heterocycles.